The van der Waals surface area contributed by atoms with Crippen molar-refractivity contribution in [1.29, 1.82) is 0 Å². The molecule has 0 aliphatic heterocycles. The van der Waals surface area contributed by atoms with Crippen LogP contribution >= 0.6 is 11.3 Å². The van der Waals surface area contributed by atoms with E-state index in [2.05, 4.69) is 36.7 Å². The average Bonchev–Trinajstić information content (AvgIpc) is 2.96. The molecule has 0 saturated carbocycles. The molecule has 20 heavy (non-hydrogen) atoms. The van der Waals surface area contributed by atoms with Crippen molar-refractivity contribution in [1.82, 2.24) is 5.32 Å². The van der Waals surface area contributed by atoms with Gasteiger partial charge < -0.3 is 19.5 Å². The van der Waals surface area contributed by atoms with Gasteiger partial charge in [0.25, 0.3) is 0 Å². The molecule has 0 amide bonds. The van der Waals surface area contributed by atoms with Crippen LogP contribution in [0.25, 0.3) is 0 Å². The molecule has 0 atom stereocenters. The van der Waals surface area contributed by atoms with Gasteiger partial charge in [-0.15, -0.1) is 11.3 Å². The van der Waals surface area contributed by atoms with Crippen LogP contribution in [-0.2, 0) is 19.6 Å². The quantitative estimate of drug-likeness (QED) is 0.601. The maximum Gasteiger partial charge on any atom is 0.0701 e. The predicted octanol–water partition coefficient (Wildman–Crippen LogP) is 2.29. The molecule has 1 N–H and O–H groups in total. The van der Waals surface area contributed by atoms with E-state index in [-0.39, 0.29) is 5.41 Å². The molecule has 0 radical (unpaired) electrons. The zero-order valence-corrected chi connectivity index (χ0v) is 13.6. The van der Waals surface area contributed by atoms with E-state index in [1.54, 1.807) is 7.11 Å². The van der Waals surface area contributed by atoms with Gasteiger partial charge in [0, 0.05) is 30.5 Å². The van der Waals surface area contributed by atoms with Crippen molar-refractivity contribution in [3.63, 3.8) is 0 Å². The Morgan fingerprint density at radius 1 is 1.10 bits per heavy atom. The van der Waals surface area contributed by atoms with E-state index < -0.39 is 0 Å². The topological polar surface area (TPSA) is 39.7 Å². The number of rotatable bonds is 12. The summed E-state index contributed by atoms with van der Waals surface area (Å²) in [5.74, 6) is 0. The van der Waals surface area contributed by atoms with Crippen LogP contribution in [0.3, 0.4) is 0 Å². The monoisotopic (exact) mass is 301 g/mol. The van der Waals surface area contributed by atoms with Gasteiger partial charge in [0.15, 0.2) is 0 Å². The second kappa shape index (κ2) is 10.3. The highest BCUT2D eigenvalue weighted by molar-refractivity contribution is 7.10. The predicted molar refractivity (Wildman–Crippen MR) is 83.7 cm³/mol. The van der Waals surface area contributed by atoms with Gasteiger partial charge in [-0.1, -0.05) is 19.9 Å². The third-order valence-corrected chi connectivity index (χ3v) is 4.22. The van der Waals surface area contributed by atoms with Crippen molar-refractivity contribution in [3.05, 3.63) is 22.4 Å². The number of thiophene rings is 1. The van der Waals surface area contributed by atoms with Crippen LogP contribution in [0.15, 0.2) is 17.5 Å². The van der Waals surface area contributed by atoms with Gasteiger partial charge in [-0.25, -0.2) is 0 Å². The molecule has 0 unspecified atom stereocenters. The molecule has 1 heterocycles. The van der Waals surface area contributed by atoms with Crippen LogP contribution in [0.5, 0.6) is 0 Å². The Labute approximate surface area is 126 Å². The van der Waals surface area contributed by atoms with E-state index in [4.69, 9.17) is 14.2 Å². The van der Waals surface area contributed by atoms with Crippen LogP contribution in [0.1, 0.15) is 18.7 Å². The third-order valence-electron chi connectivity index (χ3n) is 2.98. The maximum atomic E-state index is 5.49. The summed E-state index contributed by atoms with van der Waals surface area (Å²) >= 11 is 1.81. The summed E-state index contributed by atoms with van der Waals surface area (Å²) in [6.07, 6.45) is 0. The fraction of sp³-hybridized carbons (Fsp3) is 0.733. The number of hydrogen-bond acceptors (Lipinski definition) is 5. The van der Waals surface area contributed by atoms with Crippen LogP contribution < -0.4 is 5.32 Å². The molecule has 4 nitrogen and oxygen atoms in total. The lowest BCUT2D eigenvalue weighted by molar-refractivity contribution is 0.0254. The Kier molecular flexibility index (Phi) is 9.05. The van der Waals surface area contributed by atoms with E-state index in [0.29, 0.717) is 33.0 Å². The van der Waals surface area contributed by atoms with E-state index in [1.807, 2.05) is 11.3 Å². The lowest BCUT2D eigenvalue weighted by Gasteiger charge is -2.23. The SMILES string of the molecule is COCCOCCOCCNCC(C)(C)c1cccs1. The third kappa shape index (κ3) is 7.36. The Morgan fingerprint density at radius 2 is 1.80 bits per heavy atom. The minimum atomic E-state index is 0.178. The molecule has 0 aliphatic carbocycles. The second-order valence-corrected chi connectivity index (χ2v) is 6.20. The first-order valence-corrected chi connectivity index (χ1v) is 7.94. The molecule has 0 bridgehead atoms. The highest BCUT2D eigenvalue weighted by atomic mass is 32.1. The summed E-state index contributed by atoms with van der Waals surface area (Å²) in [6.45, 7) is 9.60. The molecule has 116 valence electrons. The van der Waals surface area contributed by atoms with Crippen LogP contribution in [0.2, 0.25) is 0 Å². The lowest BCUT2D eigenvalue weighted by atomic mass is 9.91. The van der Waals surface area contributed by atoms with Gasteiger partial charge >= 0.3 is 0 Å². The number of ether oxygens (including phenoxy) is 3. The van der Waals surface area contributed by atoms with Crippen molar-refractivity contribution in [2.24, 2.45) is 0 Å². The standard InChI is InChI=1S/C15H27NO3S/c1-15(2,14-5-4-12-20-14)13-16-6-7-18-10-11-19-9-8-17-3/h4-5,12,16H,6-11,13H2,1-3H3. The number of hydrogen-bond donors (Lipinski definition) is 1. The largest absolute Gasteiger partial charge is 0.382 e. The lowest BCUT2D eigenvalue weighted by Crippen LogP contribution is -2.34. The molecule has 0 spiro atoms. The summed E-state index contributed by atoms with van der Waals surface area (Å²) in [4.78, 5) is 1.41. The first kappa shape index (κ1) is 17.6. The molecule has 1 aromatic heterocycles. The van der Waals surface area contributed by atoms with Crippen molar-refractivity contribution in [2.45, 2.75) is 19.3 Å². The molecule has 5 heteroatoms. The summed E-state index contributed by atoms with van der Waals surface area (Å²) in [7, 11) is 1.67. The second-order valence-electron chi connectivity index (χ2n) is 5.26. The summed E-state index contributed by atoms with van der Waals surface area (Å²) in [5.41, 5.74) is 0.178. The van der Waals surface area contributed by atoms with Gasteiger partial charge in [0.2, 0.25) is 0 Å². The van der Waals surface area contributed by atoms with Crippen molar-refractivity contribution in [2.75, 3.05) is 53.2 Å². The number of nitrogens with one attached hydrogen (secondary N) is 1. The van der Waals surface area contributed by atoms with E-state index in [1.165, 1.54) is 4.88 Å². The normalized spacial score (nSPS) is 11.9. The molecular formula is C15H27NO3S. The summed E-state index contributed by atoms with van der Waals surface area (Å²) in [6, 6.07) is 4.30. The summed E-state index contributed by atoms with van der Waals surface area (Å²) in [5, 5.41) is 5.57. The fourth-order valence-electron chi connectivity index (χ4n) is 1.76. The van der Waals surface area contributed by atoms with E-state index >= 15 is 0 Å². The molecule has 0 aliphatic rings. The van der Waals surface area contributed by atoms with Gasteiger partial charge in [-0.05, 0) is 11.4 Å². The number of methoxy groups -OCH3 is 1. The minimum Gasteiger partial charge on any atom is -0.382 e. The van der Waals surface area contributed by atoms with Gasteiger partial charge in [0.05, 0.1) is 33.0 Å². The molecule has 0 aromatic carbocycles. The zero-order valence-electron chi connectivity index (χ0n) is 12.8. The van der Waals surface area contributed by atoms with Crippen molar-refractivity contribution < 1.29 is 14.2 Å². The van der Waals surface area contributed by atoms with Crippen molar-refractivity contribution in [3.8, 4) is 0 Å². The maximum absolute atomic E-state index is 5.49. The van der Waals surface area contributed by atoms with Gasteiger partial charge in [-0.2, -0.15) is 0 Å². The highest BCUT2D eigenvalue weighted by Crippen LogP contribution is 2.26. The van der Waals surface area contributed by atoms with Crippen LogP contribution in [-0.4, -0.2) is 53.2 Å². The van der Waals surface area contributed by atoms with Crippen molar-refractivity contribution >= 4 is 11.3 Å². The first-order valence-electron chi connectivity index (χ1n) is 7.06. The van der Waals surface area contributed by atoms with E-state index in [9.17, 15) is 0 Å². The molecule has 1 aromatic rings. The van der Waals surface area contributed by atoms with Crippen LogP contribution in [0, 0.1) is 0 Å². The zero-order chi connectivity index (χ0) is 14.7. The average molecular weight is 301 g/mol. The smallest absolute Gasteiger partial charge is 0.0701 e. The van der Waals surface area contributed by atoms with Crippen LogP contribution in [0.4, 0.5) is 0 Å². The highest BCUT2D eigenvalue weighted by Gasteiger charge is 2.20. The molecule has 1 rings (SSSR count). The van der Waals surface area contributed by atoms with Gasteiger partial charge in [0.1, 0.15) is 0 Å². The fourth-order valence-corrected chi connectivity index (χ4v) is 2.61. The minimum absolute atomic E-state index is 0.178. The summed E-state index contributed by atoms with van der Waals surface area (Å²) < 4.78 is 15.7. The van der Waals surface area contributed by atoms with Gasteiger partial charge in [-0.3, -0.25) is 0 Å². The Bertz CT molecular complexity index is 328. The van der Waals surface area contributed by atoms with E-state index in [0.717, 1.165) is 13.1 Å². The molecular weight excluding hydrogens is 274 g/mol. The molecule has 0 fully saturated rings. The Morgan fingerprint density at radius 3 is 2.45 bits per heavy atom. The Balaban J connectivity index is 1.94. The Hall–Kier alpha value is -0.460. The first-order chi connectivity index (χ1) is 9.67. The molecule has 0 saturated heterocycles.